The molecule has 1 atom stereocenters. The van der Waals surface area contributed by atoms with Gasteiger partial charge in [-0.05, 0) is 19.4 Å². The fraction of sp³-hybridized carbons (Fsp3) is 0.857. The van der Waals surface area contributed by atoms with Crippen LogP contribution in [0.5, 0.6) is 0 Å². The quantitative estimate of drug-likeness (QED) is 0.756. The maximum Gasteiger partial charge on any atom is 0.234 e. The average molecular weight is 269 g/mol. The van der Waals surface area contributed by atoms with Crippen molar-refractivity contribution >= 4 is 11.7 Å². The minimum absolute atomic E-state index is 0.0270. The Hall–Kier alpha value is -0.940. The summed E-state index contributed by atoms with van der Waals surface area (Å²) in [5.41, 5.74) is 0. The molecule has 0 radical (unpaired) electrons. The standard InChI is InChI=1S/C14H27N3O2/c1-5-16-6-8-17(9-7-16)10-13(19)15-14(11(2)3)12(4)18/h11,14H,5-10H2,1-4H3,(H,15,19). The number of hydrogen-bond donors (Lipinski definition) is 1. The van der Waals surface area contributed by atoms with E-state index in [0.29, 0.717) is 6.54 Å². The van der Waals surface area contributed by atoms with Gasteiger partial charge in [-0.15, -0.1) is 0 Å². The number of piperazine rings is 1. The van der Waals surface area contributed by atoms with Crippen LogP contribution in [0.2, 0.25) is 0 Å². The molecule has 0 aromatic carbocycles. The van der Waals surface area contributed by atoms with Crippen molar-refractivity contribution in [1.29, 1.82) is 0 Å². The highest BCUT2D eigenvalue weighted by molar-refractivity contribution is 5.88. The highest BCUT2D eigenvalue weighted by Crippen LogP contribution is 2.04. The summed E-state index contributed by atoms with van der Waals surface area (Å²) in [7, 11) is 0. The Kier molecular flexibility index (Phi) is 6.45. The van der Waals surface area contributed by atoms with E-state index in [1.54, 1.807) is 0 Å². The van der Waals surface area contributed by atoms with Crippen LogP contribution in [-0.2, 0) is 9.59 Å². The molecule has 0 aromatic heterocycles. The van der Waals surface area contributed by atoms with Crippen molar-refractivity contribution < 1.29 is 9.59 Å². The second-order valence-electron chi connectivity index (χ2n) is 5.61. The third-order valence-corrected chi connectivity index (χ3v) is 3.70. The zero-order valence-corrected chi connectivity index (χ0v) is 12.6. The van der Waals surface area contributed by atoms with Gasteiger partial charge in [-0.2, -0.15) is 0 Å². The summed E-state index contributed by atoms with van der Waals surface area (Å²) in [6.45, 7) is 12.9. The molecule has 1 heterocycles. The molecule has 1 amide bonds. The monoisotopic (exact) mass is 269 g/mol. The molecule has 19 heavy (non-hydrogen) atoms. The summed E-state index contributed by atoms with van der Waals surface area (Å²) < 4.78 is 0. The summed E-state index contributed by atoms with van der Waals surface area (Å²) in [6.07, 6.45) is 0. The van der Waals surface area contributed by atoms with Crippen molar-refractivity contribution in [3.05, 3.63) is 0 Å². The number of carbonyl (C=O) groups is 2. The van der Waals surface area contributed by atoms with E-state index in [1.807, 2.05) is 13.8 Å². The van der Waals surface area contributed by atoms with Gasteiger partial charge in [-0.25, -0.2) is 0 Å². The highest BCUT2D eigenvalue weighted by atomic mass is 16.2. The van der Waals surface area contributed by atoms with E-state index in [2.05, 4.69) is 22.0 Å². The molecule has 0 aromatic rings. The first kappa shape index (κ1) is 16.1. The number of carbonyl (C=O) groups excluding carboxylic acids is 2. The van der Waals surface area contributed by atoms with Crippen LogP contribution in [0.15, 0.2) is 0 Å². The molecular weight excluding hydrogens is 242 g/mol. The fourth-order valence-corrected chi connectivity index (χ4v) is 2.42. The molecule has 5 nitrogen and oxygen atoms in total. The SMILES string of the molecule is CCN1CCN(CC(=O)NC(C(C)=O)C(C)C)CC1. The van der Waals surface area contributed by atoms with Gasteiger partial charge in [0.15, 0.2) is 5.78 Å². The van der Waals surface area contributed by atoms with Crippen molar-refractivity contribution in [2.45, 2.75) is 33.7 Å². The molecule has 1 saturated heterocycles. The zero-order chi connectivity index (χ0) is 14.4. The Morgan fingerprint density at radius 1 is 1.11 bits per heavy atom. The van der Waals surface area contributed by atoms with Gasteiger partial charge in [0, 0.05) is 26.2 Å². The van der Waals surface area contributed by atoms with E-state index in [-0.39, 0.29) is 23.7 Å². The van der Waals surface area contributed by atoms with Gasteiger partial charge in [0.1, 0.15) is 0 Å². The third kappa shape index (κ3) is 5.28. The number of amides is 1. The summed E-state index contributed by atoms with van der Waals surface area (Å²) in [4.78, 5) is 28.0. The van der Waals surface area contributed by atoms with E-state index >= 15 is 0 Å². The van der Waals surface area contributed by atoms with Crippen LogP contribution in [0.4, 0.5) is 0 Å². The van der Waals surface area contributed by atoms with Crippen LogP contribution >= 0.6 is 0 Å². The summed E-state index contributed by atoms with van der Waals surface area (Å²) in [5.74, 6) is 0.122. The Morgan fingerprint density at radius 2 is 1.63 bits per heavy atom. The lowest BCUT2D eigenvalue weighted by molar-refractivity contribution is -0.128. The average Bonchev–Trinajstić information content (AvgIpc) is 2.36. The van der Waals surface area contributed by atoms with Crippen LogP contribution in [0.3, 0.4) is 0 Å². The predicted octanol–water partition coefficient (Wildman–Crippen LogP) is 0.354. The minimum atomic E-state index is -0.357. The van der Waals surface area contributed by atoms with E-state index in [9.17, 15) is 9.59 Å². The maximum absolute atomic E-state index is 12.0. The van der Waals surface area contributed by atoms with Crippen molar-refractivity contribution in [3.8, 4) is 0 Å². The number of nitrogens with one attached hydrogen (secondary N) is 1. The normalized spacial score (nSPS) is 19.4. The molecule has 5 heteroatoms. The first-order chi connectivity index (χ1) is 8.93. The van der Waals surface area contributed by atoms with Gasteiger partial charge in [0.25, 0.3) is 0 Å². The Labute approximate surface area is 116 Å². The van der Waals surface area contributed by atoms with Crippen LogP contribution in [0.1, 0.15) is 27.7 Å². The van der Waals surface area contributed by atoms with Crippen molar-refractivity contribution in [3.63, 3.8) is 0 Å². The lowest BCUT2D eigenvalue weighted by Crippen LogP contribution is -2.52. The van der Waals surface area contributed by atoms with Gasteiger partial charge in [-0.3, -0.25) is 14.5 Å². The second kappa shape index (κ2) is 7.60. The first-order valence-corrected chi connectivity index (χ1v) is 7.18. The highest BCUT2D eigenvalue weighted by Gasteiger charge is 2.23. The summed E-state index contributed by atoms with van der Waals surface area (Å²) in [6, 6.07) is -0.357. The molecule has 1 aliphatic rings. The smallest absolute Gasteiger partial charge is 0.234 e. The zero-order valence-electron chi connectivity index (χ0n) is 12.6. The summed E-state index contributed by atoms with van der Waals surface area (Å²) in [5, 5.41) is 2.84. The van der Waals surface area contributed by atoms with E-state index in [1.165, 1.54) is 6.92 Å². The Balaban J connectivity index is 2.37. The van der Waals surface area contributed by atoms with Gasteiger partial charge >= 0.3 is 0 Å². The van der Waals surface area contributed by atoms with Crippen LogP contribution in [-0.4, -0.2) is 66.8 Å². The van der Waals surface area contributed by atoms with E-state index in [0.717, 1.165) is 32.7 Å². The van der Waals surface area contributed by atoms with Crippen LogP contribution < -0.4 is 5.32 Å². The van der Waals surface area contributed by atoms with Gasteiger partial charge in [0.05, 0.1) is 12.6 Å². The number of Topliss-reactive ketones (excluding diaryl/α,β-unsaturated/α-hetero) is 1. The molecule has 110 valence electrons. The van der Waals surface area contributed by atoms with Gasteiger partial charge in [0.2, 0.25) is 5.91 Å². The Morgan fingerprint density at radius 3 is 2.05 bits per heavy atom. The number of rotatable bonds is 6. The largest absolute Gasteiger partial charge is 0.345 e. The number of hydrogen-bond acceptors (Lipinski definition) is 4. The third-order valence-electron chi connectivity index (χ3n) is 3.70. The molecule has 1 unspecified atom stereocenters. The van der Waals surface area contributed by atoms with Crippen molar-refractivity contribution in [2.75, 3.05) is 39.3 Å². The molecular formula is C14H27N3O2. The molecule has 1 aliphatic heterocycles. The number of nitrogens with zero attached hydrogens (tertiary/aromatic N) is 2. The molecule has 1 fully saturated rings. The van der Waals surface area contributed by atoms with E-state index < -0.39 is 0 Å². The van der Waals surface area contributed by atoms with Crippen molar-refractivity contribution in [1.82, 2.24) is 15.1 Å². The summed E-state index contributed by atoms with van der Waals surface area (Å²) >= 11 is 0. The lowest BCUT2D eigenvalue weighted by atomic mass is 10.0. The number of likely N-dealkylation sites (N-methyl/N-ethyl adjacent to an activating group) is 1. The first-order valence-electron chi connectivity index (χ1n) is 7.18. The molecule has 1 rings (SSSR count). The molecule has 0 saturated carbocycles. The molecule has 0 aliphatic carbocycles. The molecule has 1 N–H and O–H groups in total. The predicted molar refractivity (Wildman–Crippen MR) is 76.0 cm³/mol. The molecule has 0 spiro atoms. The Bertz CT molecular complexity index is 310. The number of ketones is 1. The second-order valence-corrected chi connectivity index (χ2v) is 5.61. The van der Waals surface area contributed by atoms with Crippen LogP contribution in [0, 0.1) is 5.92 Å². The lowest BCUT2D eigenvalue weighted by Gasteiger charge is -2.33. The molecule has 0 bridgehead atoms. The van der Waals surface area contributed by atoms with Crippen LogP contribution in [0.25, 0.3) is 0 Å². The minimum Gasteiger partial charge on any atom is -0.345 e. The maximum atomic E-state index is 12.0. The van der Waals surface area contributed by atoms with E-state index in [4.69, 9.17) is 0 Å². The topological polar surface area (TPSA) is 52.6 Å². The van der Waals surface area contributed by atoms with Gasteiger partial charge in [-0.1, -0.05) is 20.8 Å². The van der Waals surface area contributed by atoms with Crippen molar-refractivity contribution in [2.24, 2.45) is 5.92 Å². The van der Waals surface area contributed by atoms with Gasteiger partial charge < -0.3 is 10.2 Å². The fourth-order valence-electron chi connectivity index (χ4n) is 2.42.